The monoisotopic (exact) mass is 439 g/mol. The number of fused-ring (bicyclic) bond motifs is 1. The Kier molecular flexibility index (Phi) is 6.73. The molecule has 3 aromatic carbocycles. The van der Waals surface area contributed by atoms with Gasteiger partial charge in [-0.1, -0.05) is 72.8 Å². The number of hydrogen-bond donors (Lipinski definition) is 0. The van der Waals surface area contributed by atoms with Crippen LogP contribution in [0, 0.1) is 5.92 Å². The SMILES string of the molecule is O=c1n(CCc2ccccc2)c2ccccc2n1CC1CCCN(CCc2ccccc2)C1. The molecule has 1 unspecified atom stereocenters. The van der Waals surface area contributed by atoms with E-state index < -0.39 is 0 Å². The van der Waals surface area contributed by atoms with Crippen molar-refractivity contribution in [1.82, 2.24) is 14.0 Å². The molecule has 1 aliphatic heterocycles. The zero-order valence-corrected chi connectivity index (χ0v) is 19.3. The smallest absolute Gasteiger partial charge is 0.303 e. The molecule has 0 aliphatic carbocycles. The maximum Gasteiger partial charge on any atom is 0.329 e. The Labute approximate surface area is 196 Å². The van der Waals surface area contributed by atoms with Crippen molar-refractivity contribution in [3.63, 3.8) is 0 Å². The number of nitrogens with zero attached hydrogens (tertiary/aromatic N) is 3. The first-order valence-corrected chi connectivity index (χ1v) is 12.3. The second kappa shape index (κ2) is 10.2. The van der Waals surface area contributed by atoms with Gasteiger partial charge in [-0.3, -0.25) is 9.13 Å². The number of aryl methyl sites for hydroxylation is 2. The highest BCUT2D eigenvalue weighted by Crippen LogP contribution is 2.21. The van der Waals surface area contributed by atoms with Crippen molar-refractivity contribution < 1.29 is 0 Å². The average Bonchev–Trinajstić information content (AvgIpc) is 3.13. The van der Waals surface area contributed by atoms with Crippen LogP contribution in [0.15, 0.2) is 89.7 Å². The number of para-hydroxylation sites is 2. The maximum absolute atomic E-state index is 13.5. The van der Waals surface area contributed by atoms with Gasteiger partial charge in [0, 0.05) is 26.2 Å². The normalized spacial score (nSPS) is 16.9. The van der Waals surface area contributed by atoms with Crippen LogP contribution in [-0.4, -0.2) is 33.7 Å². The van der Waals surface area contributed by atoms with Crippen LogP contribution >= 0.6 is 0 Å². The van der Waals surface area contributed by atoms with E-state index in [0.29, 0.717) is 12.5 Å². The first-order chi connectivity index (χ1) is 16.3. The average molecular weight is 440 g/mol. The molecule has 4 aromatic rings. The minimum atomic E-state index is 0.133. The Balaban J connectivity index is 1.30. The van der Waals surface area contributed by atoms with E-state index in [1.54, 1.807) is 0 Å². The number of likely N-dealkylation sites (tertiary alicyclic amines) is 1. The van der Waals surface area contributed by atoms with Gasteiger partial charge < -0.3 is 4.90 Å². The molecule has 0 bridgehead atoms. The van der Waals surface area contributed by atoms with Gasteiger partial charge >= 0.3 is 5.69 Å². The van der Waals surface area contributed by atoms with Gasteiger partial charge in [-0.2, -0.15) is 0 Å². The zero-order valence-electron chi connectivity index (χ0n) is 19.3. The van der Waals surface area contributed by atoms with Crippen LogP contribution in [0.5, 0.6) is 0 Å². The summed E-state index contributed by atoms with van der Waals surface area (Å²) in [5.41, 5.74) is 4.92. The summed E-state index contributed by atoms with van der Waals surface area (Å²) < 4.78 is 4.00. The molecule has 1 aliphatic rings. The van der Waals surface area contributed by atoms with E-state index in [0.717, 1.165) is 50.1 Å². The van der Waals surface area contributed by atoms with Crippen molar-refractivity contribution in [1.29, 1.82) is 0 Å². The molecule has 0 radical (unpaired) electrons. The first kappa shape index (κ1) is 21.7. The number of benzene rings is 3. The molecule has 0 amide bonds. The van der Waals surface area contributed by atoms with Gasteiger partial charge in [-0.15, -0.1) is 0 Å². The lowest BCUT2D eigenvalue weighted by atomic mass is 9.97. The summed E-state index contributed by atoms with van der Waals surface area (Å²) in [5.74, 6) is 0.514. The lowest BCUT2D eigenvalue weighted by Crippen LogP contribution is -2.39. The molecule has 4 heteroatoms. The molecule has 1 saturated heterocycles. The Morgan fingerprint density at radius 2 is 1.27 bits per heavy atom. The lowest BCUT2D eigenvalue weighted by Gasteiger charge is -2.33. The zero-order chi connectivity index (χ0) is 22.5. The molecular formula is C29H33N3O. The molecule has 0 saturated carbocycles. The van der Waals surface area contributed by atoms with Crippen LogP contribution in [0.25, 0.3) is 11.0 Å². The van der Waals surface area contributed by atoms with Crippen LogP contribution in [-0.2, 0) is 25.9 Å². The largest absolute Gasteiger partial charge is 0.329 e. The third-order valence-corrected chi connectivity index (χ3v) is 7.00. The minimum absolute atomic E-state index is 0.133. The maximum atomic E-state index is 13.5. The van der Waals surface area contributed by atoms with Crippen LogP contribution in [0.1, 0.15) is 24.0 Å². The van der Waals surface area contributed by atoms with E-state index in [1.165, 1.54) is 24.0 Å². The molecule has 5 rings (SSSR count). The highest BCUT2D eigenvalue weighted by molar-refractivity contribution is 5.76. The topological polar surface area (TPSA) is 30.2 Å². The molecule has 2 heterocycles. The molecule has 1 aromatic heterocycles. The first-order valence-electron chi connectivity index (χ1n) is 12.3. The van der Waals surface area contributed by atoms with E-state index >= 15 is 0 Å². The number of hydrogen-bond acceptors (Lipinski definition) is 2. The summed E-state index contributed by atoms with van der Waals surface area (Å²) in [6.45, 7) is 4.85. The van der Waals surface area contributed by atoms with E-state index in [2.05, 4.69) is 71.6 Å². The number of piperidine rings is 1. The fourth-order valence-electron chi connectivity index (χ4n) is 5.24. The van der Waals surface area contributed by atoms with Crippen molar-refractivity contribution in [2.45, 2.75) is 38.8 Å². The van der Waals surface area contributed by atoms with E-state index in [9.17, 15) is 4.79 Å². The molecule has 1 fully saturated rings. The highest BCUT2D eigenvalue weighted by Gasteiger charge is 2.22. The third-order valence-electron chi connectivity index (χ3n) is 7.00. The quantitative estimate of drug-likeness (QED) is 0.387. The number of rotatable bonds is 8. The van der Waals surface area contributed by atoms with Crippen LogP contribution in [0.3, 0.4) is 0 Å². The fraction of sp³-hybridized carbons (Fsp3) is 0.345. The van der Waals surface area contributed by atoms with E-state index in [-0.39, 0.29) is 5.69 Å². The van der Waals surface area contributed by atoms with E-state index in [4.69, 9.17) is 0 Å². The Morgan fingerprint density at radius 3 is 1.94 bits per heavy atom. The van der Waals surface area contributed by atoms with Gasteiger partial charge in [-0.05, 0) is 61.4 Å². The summed E-state index contributed by atoms with van der Waals surface area (Å²) in [5, 5.41) is 0. The molecule has 33 heavy (non-hydrogen) atoms. The standard InChI is InChI=1S/C29H33N3O/c33-29-31(21-18-25-12-5-2-6-13-25)27-15-7-8-16-28(27)32(29)23-26-14-9-19-30(22-26)20-17-24-10-3-1-4-11-24/h1-8,10-13,15-16,26H,9,14,17-23H2. The molecule has 0 N–H and O–H groups in total. The van der Waals surface area contributed by atoms with Crippen molar-refractivity contribution in [2.24, 2.45) is 5.92 Å². The van der Waals surface area contributed by atoms with Crippen LogP contribution in [0.2, 0.25) is 0 Å². The second-order valence-electron chi connectivity index (χ2n) is 9.31. The predicted molar refractivity (Wildman–Crippen MR) is 136 cm³/mol. The van der Waals surface area contributed by atoms with Gasteiger partial charge in [-0.25, -0.2) is 4.79 Å². The Bertz CT molecular complexity index is 1230. The third kappa shape index (κ3) is 5.12. The lowest BCUT2D eigenvalue weighted by molar-refractivity contribution is 0.164. The second-order valence-corrected chi connectivity index (χ2v) is 9.31. The Hall–Kier alpha value is -3.11. The van der Waals surface area contributed by atoms with Crippen molar-refractivity contribution >= 4 is 11.0 Å². The summed E-state index contributed by atoms with van der Waals surface area (Å²) >= 11 is 0. The molecule has 1 atom stereocenters. The summed E-state index contributed by atoms with van der Waals surface area (Å²) in [6.07, 6.45) is 4.36. The van der Waals surface area contributed by atoms with Gasteiger partial charge in [0.2, 0.25) is 0 Å². The van der Waals surface area contributed by atoms with E-state index in [1.807, 2.05) is 27.3 Å². The summed E-state index contributed by atoms with van der Waals surface area (Å²) in [7, 11) is 0. The van der Waals surface area contributed by atoms with Crippen LogP contribution in [0.4, 0.5) is 0 Å². The van der Waals surface area contributed by atoms with Crippen molar-refractivity contribution in [2.75, 3.05) is 19.6 Å². The molecule has 0 spiro atoms. The Morgan fingerprint density at radius 1 is 0.697 bits per heavy atom. The van der Waals surface area contributed by atoms with Crippen LogP contribution < -0.4 is 5.69 Å². The van der Waals surface area contributed by atoms with Crippen molar-refractivity contribution in [3.8, 4) is 0 Å². The molecule has 170 valence electrons. The summed E-state index contributed by atoms with van der Waals surface area (Å²) in [6, 6.07) is 29.5. The molecule has 4 nitrogen and oxygen atoms in total. The highest BCUT2D eigenvalue weighted by atomic mass is 16.1. The number of aromatic nitrogens is 2. The van der Waals surface area contributed by atoms with Gasteiger partial charge in [0.05, 0.1) is 11.0 Å². The fourth-order valence-corrected chi connectivity index (χ4v) is 5.24. The van der Waals surface area contributed by atoms with Gasteiger partial charge in [0.25, 0.3) is 0 Å². The molecular weight excluding hydrogens is 406 g/mol. The predicted octanol–water partition coefficient (Wildman–Crippen LogP) is 5.00. The minimum Gasteiger partial charge on any atom is -0.303 e. The van der Waals surface area contributed by atoms with Crippen molar-refractivity contribution in [3.05, 3.63) is 107 Å². The number of imidazole rings is 1. The van der Waals surface area contributed by atoms with Gasteiger partial charge in [0.1, 0.15) is 0 Å². The summed E-state index contributed by atoms with van der Waals surface area (Å²) in [4.78, 5) is 16.1. The van der Waals surface area contributed by atoms with Gasteiger partial charge in [0.15, 0.2) is 0 Å².